The van der Waals surface area contributed by atoms with Crippen LogP contribution in [-0.2, 0) is 9.53 Å². The summed E-state index contributed by atoms with van der Waals surface area (Å²) in [6.07, 6.45) is 0.934. The lowest BCUT2D eigenvalue weighted by molar-refractivity contribution is -0.142. The van der Waals surface area contributed by atoms with Gasteiger partial charge in [0.25, 0.3) is 0 Å². The molecule has 0 bridgehead atoms. The van der Waals surface area contributed by atoms with E-state index in [0.717, 1.165) is 0 Å². The number of carbonyl (C=O) groups excluding carboxylic acids is 1. The Kier molecular flexibility index (Phi) is 2.50. The Bertz CT molecular complexity index is 370. The van der Waals surface area contributed by atoms with Gasteiger partial charge in [-0.1, -0.05) is 0 Å². The van der Waals surface area contributed by atoms with Crippen LogP contribution in [0.2, 0.25) is 0 Å². The fraction of sp³-hybridized carbons (Fsp3) is 0.500. The fourth-order valence-corrected chi connectivity index (χ4v) is 1.94. The second kappa shape index (κ2) is 3.67. The molecule has 3 atom stereocenters. The summed E-state index contributed by atoms with van der Waals surface area (Å²) in [6, 6.07) is 0. The van der Waals surface area contributed by atoms with Crippen LogP contribution in [0.25, 0.3) is 0 Å². The lowest BCUT2D eigenvalue weighted by Gasteiger charge is -2.15. The van der Waals surface area contributed by atoms with Gasteiger partial charge in [0.05, 0.1) is 32.2 Å². The van der Waals surface area contributed by atoms with Crippen molar-refractivity contribution in [3.8, 4) is 0 Å². The lowest BCUT2D eigenvalue weighted by Crippen LogP contribution is -2.21. The second-order valence-electron chi connectivity index (χ2n) is 3.60. The van der Waals surface area contributed by atoms with Gasteiger partial charge >= 0.3 is 5.97 Å². The number of rotatable bonds is 2. The van der Waals surface area contributed by atoms with E-state index in [1.165, 1.54) is 19.6 Å². The number of furan rings is 1. The van der Waals surface area contributed by atoms with Gasteiger partial charge in [-0.05, 0) is 0 Å². The van der Waals surface area contributed by atoms with Crippen molar-refractivity contribution < 1.29 is 24.2 Å². The molecule has 0 aromatic carbocycles. The smallest absolute Gasteiger partial charge is 0.306 e. The summed E-state index contributed by atoms with van der Waals surface area (Å²) in [7, 11) is 1.29. The summed E-state index contributed by atoms with van der Waals surface area (Å²) in [5.41, 5.74) is 1.23. The molecule has 0 fully saturated rings. The maximum atomic E-state index is 11.1. The number of aliphatic hydroxyl groups excluding tert-OH is 2. The number of esters is 1. The molecule has 1 aromatic rings. The van der Waals surface area contributed by atoms with E-state index in [-0.39, 0.29) is 6.42 Å². The maximum absolute atomic E-state index is 11.1. The number of ether oxygens (including phenoxy) is 1. The zero-order chi connectivity index (χ0) is 11.0. The predicted molar refractivity (Wildman–Crippen MR) is 49.0 cm³/mol. The van der Waals surface area contributed by atoms with Gasteiger partial charge in [-0.2, -0.15) is 0 Å². The fourth-order valence-electron chi connectivity index (χ4n) is 1.94. The zero-order valence-corrected chi connectivity index (χ0v) is 8.21. The molecule has 0 unspecified atom stereocenters. The van der Waals surface area contributed by atoms with Crippen molar-refractivity contribution >= 4 is 5.97 Å². The lowest BCUT2D eigenvalue weighted by atomic mass is 9.98. The molecule has 2 rings (SSSR count). The van der Waals surface area contributed by atoms with Gasteiger partial charge in [-0.25, -0.2) is 0 Å². The number of hydrogen-bond donors (Lipinski definition) is 2. The molecule has 0 saturated heterocycles. The molecule has 0 amide bonds. The Labute approximate surface area is 86.3 Å². The Morgan fingerprint density at radius 1 is 1.47 bits per heavy atom. The molecule has 0 radical (unpaired) electrons. The molecule has 82 valence electrons. The van der Waals surface area contributed by atoms with Gasteiger partial charge < -0.3 is 19.4 Å². The summed E-state index contributed by atoms with van der Waals surface area (Å²) in [5.74, 6) is -0.860. The van der Waals surface area contributed by atoms with Gasteiger partial charge in [-0.3, -0.25) is 4.79 Å². The first-order valence-corrected chi connectivity index (χ1v) is 4.64. The minimum absolute atomic E-state index is 0.0429. The molecule has 1 heterocycles. The first-order valence-electron chi connectivity index (χ1n) is 4.64. The Balaban J connectivity index is 2.23. The number of methoxy groups -OCH3 is 1. The zero-order valence-electron chi connectivity index (χ0n) is 8.21. The van der Waals surface area contributed by atoms with E-state index in [1.807, 2.05) is 0 Å². The average Bonchev–Trinajstić information content (AvgIpc) is 2.78. The third-order valence-electron chi connectivity index (χ3n) is 2.79. The monoisotopic (exact) mass is 212 g/mol. The minimum Gasteiger partial charge on any atom is -0.472 e. The van der Waals surface area contributed by atoms with Crippen LogP contribution in [0.1, 0.15) is 29.6 Å². The largest absolute Gasteiger partial charge is 0.472 e. The van der Waals surface area contributed by atoms with Crippen molar-refractivity contribution in [1.82, 2.24) is 0 Å². The predicted octanol–water partition coefficient (Wildman–Crippen LogP) is 0.334. The van der Waals surface area contributed by atoms with Crippen LogP contribution < -0.4 is 0 Å². The van der Waals surface area contributed by atoms with Crippen LogP contribution >= 0.6 is 0 Å². The summed E-state index contributed by atoms with van der Waals surface area (Å²) in [6.45, 7) is 0. The maximum Gasteiger partial charge on any atom is 0.306 e. The number of aliphatic hydroxyl groups is 2. The van der Waals surface area contributed by atoms with Crippen molar-refractivity contribution in [2.75, 3.05) is 7.11 Å². The highest BCUT2D eigenvalue weighted by molar-refractivity contribution is 5.71. The van der Waals surface area contributed by atoms with Crippen LogP contribution in [-0.4, -0.2) is 29.4 Å². The highest BCUT2D eigenvalue weighted by atomic mass is 16.5. The molecule has 1 aromatic heterocycles. The van der Waals surface area contributed by atoms with E-state index in [1.54, 1.807) is 0 Å². The second-order valence-corrected chi connectivity index (χ2v) is 3.60. The third kappa shape index (κ3) is 1.53. The molecular formula is C10H12O5. The molecule has 15 heavy (non-hydrogen) atoms. The number of fused-ring (bicyclic) bond motifs is 1. The Morgan fingerprint density at radius 3 is 2.80 bits per heavy atom. The SMILES string of the molecule is COC(=O)C[C@H]1c2cocc2[C@H](O)[C@@H]1O. The van der Waals surface area contributed by atoms with Gasteiger partial charge in [0, 0.05) is 17.0 Å². The van der Waals surface area contributed by atoms with Gasteiger partial charge in [0.2, 0.25) is 0 Å². The highest BCUT2D eigenvalue weighted by Gasteiger charge is 2.41. The summed E-state index contributed by atoms with van der Waals surface area (Å²) >= 11 is 0. The van der Waals surface area contributed by atoms with E-state index < -0.39 is 24.1 Å². The van der Waals surface area contributed by atoms with Crippen molar-refractivity contribution in [3.05, 3.63) is 23.7 Å². The molecule has 2 N–H and O–H groups in total. The van der Waals surface area contributed by atoms with E-state index in [0.29, 0.717) is 11.1 Å². The van der Waals surface area contributed by atoms with Crippen LogP contribution in [0.3, 0.4) is 0 Å². The van der Waals surface area contributed by atoms with Gasteiger partial charge in [-0.15, -0.1) is 0 Å². The first-order chi connectivity index (χ1) is 7.15. The van der Waals surface area contributed by atoms with E-state index in [9.17, 15) is 15.0 Å². The molecule has 5 nitrogen and oxygen atoms in total. The Hall–Kier alpha value is -1.33. The average molecular weight is 212 g/mol. The molecule has 0 saturated carbocycles. The van der Waals surface area contributed by atoms with Crippen LogP contribution in [0.4, 0.5) is 0 Å². The van der Waals surface area contributed by atoms with E-state index in [4.69, 9.17) is 4.42 Å². The molecule has 0 spiro atoms. The summed E-state index contributed by atoms with van der Waals surface area (Å²) < 4.78 is 9.45. The van der Waals surface area contributed by atoms with Crippen LogP contribution in [0.5, 0.6) is 0 Å². The van der Waals surface area contributed by atoms with Crippen molar-refractivity contribution in [3.63, 3.8) is 0 Å². The van der Waals surface area contributed by atoms with E-state index >= 15 is 0 Å². The van der Waals surface area contributed by atoms with E-state index in [2.05, 4.69) is 4.74 Å². The normalized spacial score (nSPS) is 28.9. The third-order valence-corrected chi connectivity index (χ3v) is 2.79. The molecule has 5 heteroatoms. The molecule has 1 aliphatic carbocycles. The van der Waals surface area contributed by atoms with Gasteiger partial charge in [0.1, 0.15) is 6.10 Å². The standard InChI is InChI=1S/C10H12O5/c1-14-8(11)2-5-6-3-15-4-7(6)10(13)9(5)12/h3-5,9-10,12-13H,2H2,1H3/t5-,9+,10-/m0/s1. The summed E-state index contributed by atoms with van der Waals surface area (Å²) in [5, 5.41) is 19.3. The van der Waals surface area contributed by atoms with Crippen molar-refractivity contribution in [2.45, 2.75) is 24.5 Å². The van der Waals surface area contributed by atoms with Crippen LogP contribution in [0, 0.1) is 0 Å². The number of hydrogen-bond acceptors (Lipinski definition) is 5. The first kappa shape index (κ1) is 10.2. The Morgan fingerprint density at radius 2 is 2.13 bits per heavy atom. The molecular weight excluding hydrogens is 200 g/mol. The highest BCUT2D eigenvalue weighted by Crippen LogP contribution is 2.42. The summed E-state index contributed by atoms with van der Waals surface area (Å²) in [4.78, 5) is 11.1. The van der Waals surface area contributed by atoms with Gasteiger partial charge in [0.15, 0.2) is 0 Å². The van der Waals surface area contributed by atoms with Crippen molar-refractivity contribution in [1.29, 1.82) is 0 Å². The topological polar surface area (TPSA) is 79.9 Å². The molecule has 0 aliphatic heterocycles. The number of carbonyl (C=O) groups is 1. The van der Waals surface area contributed by atoms with Crippen molar-refractivity contribution in [2.24, 2.45) is 0 Å². The molecule has 1 aliphatic rings. The minimum atomic E-state index is -0.978. The van der Waals surface area contributed by atoms with Crippen LogP contribution in [0.15, 0.2) is 16.9 Å². The quantitative estimate of drug-likeness (QED) is 0.691.